The van der Waals surface area contributed by atoms with Gasteiger partial charge in [0.2, 0.25) is 0 Å². The number of hydrogen-bond donors (Lipinski definition) is 1. The second-order valence-electron chi connectivity index (χ2n) is 2.16. The van der Waals surface area contributed by atoms with E-state index in [2.05, 4.69) is 6.58 Å². The van der Waals surface area contributed by atoms with Crippen molar-refractivity contribution in [2.45, 2.75) is 6.92 Å². The number of rotatable bonds is 4. The maximum absolute atomic E-state index is 5.32. The van der Waals surface area contributed by atoms with Gasteiger partial charge in [0.15, 0.2) is 0 Å². The van der Waals surface area contributed by atoms with E-state index in [4.69, 9.17) is 5.73 Å². The summed E-state index contributed by atoms with van der Waals surface area (Å²) in [5.41, 5.74) is 6.50. The van der Waals surface area contributed by atoms with Gasteiger partial charge in [0.1, 0.15) is 0 Å². The highest BCUT2D eigenvalue weighted by atomic mass is 14.5. The standard InChI is InChI=1S/C10H15N/c1-3-4-5-6-7-10(2)8-9-11/h3-8H,1,9,11H2,2H3/b5-4+,7-6-,10-8+. The Morgan fingerprint density at radius 1 is 1.36 bits per heavy atom. The quantitative estimate of drug-likeness (QED) is 0.609. The summed E-state index contributed by atoms with van der Waals surface area (Å²) >= 11 is 0. The molecule has 0 rings (SSSR count). The second-order valence-corrected chi connectivity index (χ2v) is 2.16. The lowest BCUT2D eigenvalue weighted by atomic mass is 10.2. The maximum Gasteiger partial charge on any atom is 0.0112 e. The van der Waals surface area contributed by atoms with Crippen LogP contribution in [0, 0.1) is 0 Å². The zero-order valence-corrected chi connectivity index (χ0v) is 6.96. The number of allylic oxidation sites excluding steroid dienone is 6. The van der Waals surface area contributed by atoms with Crippen molar-refractivity contribution >= 4 is 0 Å². The first kappa shape index (κ1) is 9.92. The van der Waals surface area contributed by atoms with Crippen LogP contribution in [0.5, 0.6) is 0 Å². The summed E-state index contributed by atoms with van der Waals surface area (Å²) < 4.78 is 0. The fraction of sp³-hybridized carbons (Fsp3) is 0.200. The predicted octanol–water partition coefficient (Wildman–Crippen LogP) is 2.19. The van der Waals surface area contributed by atoms with Crippen molar-refractivity contribution < 1.29 is 0 Å². The number of hydrogen-bond acceptors (Lipinski definition) is 1. The zero-order chi connectivity index (χ0) is 8.53. The zero-order valence-electron chi connectivity index (χ0n) is 6.96. The van der Waals surface area contributed by atoms with Crippen LogP contribution >= 0.6 is 0 Å². The Kier molecular flexibility index (Phi) is 6.34. The van der Waals surface area contributed by atoms with E-state index in [0.717, 1.165) is 0 Å². The first-order valence-electron chi connectivity index (χ1n) is 3.64. The van der Waals surface area contributed by atoms with E-state index >= 15 is 0 Å². The molecule has 0 saturated heterocycles. The predicted molar refractivity (Wildman–Crippen MR) is 51.3 cm³/mol. The summed E-state index contributed by atoms with van der Waals surface area (Å²) in [6.07, 6.45) is 11.5. The van der Waals surface area contributed by atoms with E-state index in [1.807, 2.05) is 37.3 Å². The van der Waals surface area contributed by atoms with E-state index in [0.29, 0.717) is 6.54 Å². The molecule has 0 unspecified atom stereocenters. The third-order valence-corrected chi connectivity index (χ3v) is 1.16. The SMILES string of the molecule is C=C/C=C/C=C\C(C)=C\CN. The summed E-state index contributed by atoms with van der Waals surface area (Å²) in [5.74, 6) is 0. The van der Waals surface area contributed by atoms with E-state index in [-0.39, 0.29) is 0 Å². The van der Waals surface area contributed by atoms with Gasteiger partial charge in [-0.05, 0) is 6.92 Å². The van der Waals surface area contributed by atoms with Gasteiger partial charge in [0.25, 0.3) is 0 Å². The van der Waals surface area contributed by atoms with Crippen LogP contribution in [0.4, 0.5) is 0 Å². The molecule has 0 aromatic carbocycles. The lowest BCUT2D eigenvalue weighted by molar-refractivity contribution is 1.23. The molecule has 0 aliphatic heterocycles. The molecule has 0 heterocycles. The molecule has 0 amide bonds. The summed E-state index contributed by atoms with van der Waals surface area (Å²) in [5, 5.41) is 0. The topological polar surface area (TPSA) is 26.0 Å². The van der Waals surface area contributed by atoms with Crippen molar-refractivity contribution in [2.75, 3.05) is 6.54 Å². The van der Waals surface area contributed by atoms with Gasteiger partial charge in [-0.3, -0.25) is 0 Å². The molecule has 11 heavy (non-hydrogen) atoms. The maximum atomic E-state index is 5.32. The number of nitrogens with two attached hydrogens (primary N) is 1. The minimum Gasteiger partial charge on any atom is -0.327 e. The fourth-order valence-corrected chi connectivity index (χ4v) is 0.604. The Morgan fingerprint density at radius 2 is 2.09 bits per heavy atom. The highest BCUT2D eigenvalue weighted by Gasteiger charge is 1.75. The van der Waals surface area contributed by atoms with Crippen molar-refractivity contribution in [3.63, 3.8) is 0 Å². The van der Waals surface area contributed by atoms with Crippen molar-refractivity contribution in [1.29, 1.82) is 0 Å². The van der Waals surface area contributed by atoms with Crippen molar-refractivity contribution in [1.82, 2.24) is 0 Å². The van der Waals surface area contributed by atoms with Gasteiger partial charge in [0.05, 0.1) is 0 Å². The second kappa shape index (κ2) is 7.03. The summed E-state index contributed by atoms with van der Waals surface area (Å²) in [7, 11) is 0. The Hall–Kier alpha value is -1.08. The molecule has 0 aliphatic rings. The fourth-order valence-electron chi connectivity index (χ4n) is 0.604. The highest BCUT2D eigenvalue weighted by Crippen LogP contribution is 1.93. The molecular weight excluding hydrogens is 134 g/mol. The molecule has 1 heteroatoms. The van der Waals surface area contributed by atoms with Crippen molar-refractivity contribution in [2.24, 2.45) is 5.73 Å². The van der Waals surface area contributed by atoms with Crippen LogP contribution in [-0.2, 0) is 0 Å². The lowest BCUT2D eigenvalue weighted by Crippen LogP contribution is -1.93. The van der Waals surface area contributed by atoms with Gasteiger partial charge in [-0.15, -0.1) is 0 Å². The van der Waals surface area contributed by atoms with Crippen LogP contribution in [0.3, 0.4) is 0 Å². The van der Waals surface area contributed by atoms with E-state index in [9.17, 15) is 0 Å². The van der Waals surface area contributed by atoms with Crippen LogP contribution in [0.1, 0.15) is 6.92 Å². The summed E-state index contributed by atoms with van der Waals surface area (Å²) in [4.78, 5) is 0. The molecule has 1 nitrogen and oxygen atoms in total. The largest absolute Gasteiger partial charge is 0.327 e. The average molecular weight is 149 g/mol. The van der Waals surface area contributed by atoms with Gasteiger partial charge < -0.3 is 5.73 Å². The van der Waals surface area contributed by atoms with Gasteiger partial charge in [-0.2, -0.15) is 0 Å². The lowest BCUT2D eigenvalue weighted by Gasteiger charge is -1.86. The first-order valence-corrected chi connectivity index (χ1v) is 3.64. The molecule has 0 fully saturated rings. The molecule has 0 radical (unpaired) electrons. The van der Waals surface area contributed by atoms with Crippen molar-refractivity contribution in [3.8, 4) is 0 Å². The van der Waals surface area contributed by atoms with Crippen LogP contribution in [0.25, 0.3) is 0 Å². The smallest absolute Gasteiger partial charge is 0.0112 e. The van der Waals surface area contributed by atoms with Crippen LogP contribution in [-0.4, -0.2) is 6.54 Å². The van der Waals surface area contributed by atoms with Crippen LogP contribution in [0.2, 0.25) is 0 Å². The van der Waals surface area contributed by atoms with Gasteiger partial charge in [-0.25, -0.2) is 0 Å². The van der Waals surface area contributed by atoms with Crippen molar-refractivity contribution in [3.05, 3.63) is 48.6 Å². The monoisotopic (exact) mass is 149 g/mol. The Bertz CT molecular complexity index is 185. The van der Waals surface area contributed by atoms with E-state index in [1.165, 1.54) is 5.57 Å². The molecule has 0 aromatic rings. The molecule has 0 aliphatic carbocycles. The van der Waals surface area contributed by atoms with Gasteiger partial charge in [0, 0.05) is 6.54 Å². The third kappa shape index (κ3) is 6.81. The molecule has 0 saturated carbocycles. The molecule has 0 atom stereocenters. The van der Waals surface area contributed by atoms with Gasteiger partial charge >= 0.3 is 0 Å². The Balaban J connectivity index is 3.82. The van der Waals surface area contributed by atoms with E-state index < -0.39 is 0 Å². The Morgan fingerprint density at radius 3 is 2.64 bits per heavy atom. The highest BCUT2D eigenvalue weighted by molar-refractivity contribution is 5.21. The molecule has 60 valence electrons. The normalized spacial score (nSPS) is 13.1. The average Bonchev–Trinajstić information content (AvgIpc) is 1.99. The Labute approximate surface area is 68.6 Å². The molecular formula is C10H15N. The van der Waals surface area contributed by atoms with Gasteiger partial charge in [-0.1, -0.05) is 48.6 Å². The van der Waals surface area contributed by atoms with E-state index in [1.54, 1.807) is 6.08 Å². The summed E-state index contributed by atoms with van der Waals surface area (Å²) in [6, 6.07) is 0. The van der Waals surface area contributed by atoms with Crippen LogP contribution < -0.4 is 5.73 Å². The molecule has 0 bridgehead atoms. The minimum atomic E-state index is 0.599. The third-order valence-electron chi connectivity index (χ3n) is 1.16. The summed E-state index contributed by atoms with van der Waals surface area (Å²) in [6.45, 7) is 6.18. The molecule has 0 aromatic heterocycles. The molecule has 2 N–H and O–H groups in total. The van der Waals surface area contributed by atoms with Crippen LogP contribution in [0.15, 0.2) is 48.6 Å². The first-order chi connectivity index (χ1) is 5.31. The minimum absolute atomic E-state index is 0.599. The molecule has 0 spiro atoms.